The van der Waals surface area contributed by atoms with E-state index in [0.29, 0.717) is 0 Å². The highest BCUT2D eigenvalue weighted by molar-refractivity contribution is 7.16. The van der Waals surface area contributed by atoms with Gasteiger partial charge >= 0.3 is 0 Å². The summed E-state index contributed by atoms with van der Waals surface area (Å²) in [6.07, 6.45) is 6.82. The van der Waals surface area contributed by atoms with Crippen molar-refractivity contribution in [2.24, 2.45) is 0 Å². The van der Waals surface area contributed by atoms with E-state index in [9.17, 15) is 4.79 Å². The summed E-state index contributed by atoms with van der Waals surface area (Å²) in [6.45, 7) is 4.19. The predicted molar refractivity (Wildman–Crippen MR) is 70.1 cm³/mol. The van der Waals surface area contributed by atoms with Crippen molar-refractivity contribution in [2.45, 2.75) is 26.2 Å². The Morgan fingerprint density at radius 1 is 1.31 bits per heavy atom. The Hall–Kier alpha value is -1.09. The van der Waals surface area contributed by atoms with Gasteiger partial charge in [0.15, 0.2) is 0 Å². The first-order chi connectivity index (χ1) is 7.79. The molecule has 1 aliphatic heterocycles. The number of thiophene rings is 1. The molecule has 0 saturated carbocycles. The maximum atomic E-state index is 10.5. The molecule has 1 aromatic heterocycles. The maximum Gasteiger partial charge on any atom is 0.145 e. The number of carbonyl (C=O) groups is 1. The van der Waals surface area contributed by atoms with Gasteiger partial charge in [0.25, 0.3) is 0 Å². The second-order valence-electron chi connectivity index (χ2n) is 4.23. The Labute approximate surface area is 101 Å². The van der Waals surface area contributed by atoms with E-state index in [0.717, 1.165) is 11.9 Å². The number of carbonyl (C=O) groups excluding carboxylic acids is 1. The molecule has 0 spiro atoms. The zero-order valence-corrected chi connectivity index (χ0v) is 10.4. The Morgan fingerprint density at radius 2 is 2.06 bits per heavy atom. The largest absolute Gasteiger partial charge is 0.363 e. The second kappa shape index (κ2) is 5.30. The fraction of sp³-hybridized carbons (Fsp3) is 0.462. The van der Waals surface area contributed by atoms with Crippen LogP contribution in [0.4, 0.5) is 5.00 Å². The van der Waals surface area contributed by atoms with Gasteiger partial charge in [-0.2, -0.15) is 0 Å². The van der Waals surface area contributed by atoms with Gasteiger partial charge in [-0.25, -0.2) is 0 Å². The second-order valence-corrected chi connectivity index (χ2v) is 5.32. The molecular weight excluding hydrogens is 218 g/mol. The summed E-state index contributed by atoms with van der Waals surface area (Å²) >= 11 is 1.77. The molecule has 1 fully saturated rings. The van der Waals surface area contributed by atoms with Gasteiger partial charge in [-0.1, -0.05) is 0 Å². The molecular formula is C13H17NOS. The molecule has 0 N–H and O–H groups in total. The third kappa shape index (κ3) is 2.73. The lowest BCUT2D eigenvalue weighted by Crippen LogP contribution is -2.28. The zero-order chi connectivity index (χ0) is 11.4. The number of nitrogens with zero attached hydrogens (tertiary/aromatic N) is 1. The van der Waals surface area contributed by atoms with Crippen LogP contribution in [-0.2, 0) is 4.79 Å². The van der Waals surface area contributed by atoms with Crippen LogP contribution < -0.4 is 4.90 Å². The van der Waals surface area contributed by atoms with Crippen molar-refractivity contribution in [1.82, 2.24) is 0 Å². The van der Waals surface area contributed by atoms with Crippen LogP contribution in [0.3, 0.4) is 0 Å². The topological polar surface area (TPSA) is 20.3 Å². The van der Waals surface area contributed by atoms with Gasteiger partial charge in [0.1, 0.15) is 6.29 Å². The molecule has 3 heteroatoms. The Bertz CT molecular complexity index is 388. The quantitative estimate of drug-likeness (QED) is 0.591. The van der Waals surface area contributed by atoms with Crippen LogP contribution in [0, 0.1) is 0 Å². The predicted octanol–water partition coefficient (Wildman–Crippen LogP) is 3.34. The molecule has 0 radical (unpaired) electrons. The summed E-state index contributed by atoms with van der Waals surface area (Å²) in [5.74, 6) is 0. The molecule has 86 valence electrons. The number of anilines is 1. The summed E-state index contributed by atoms with van der Waals surface area (Å²) in [5, 5.41) is 1.34. The van der Waals surface area contributed by atoms with Crippen LogP contribution >= 0.6 is 11.3 Å². The van der Waals surface area contributed by atoms with Gasteiger partial charge < -0.3 is 4.90 Å². The summed E-state index contributed by atoms with van der Waals surface area (Å²) < 4.78 is 0. The van der Waals surface area contributed by atoms with Crippen molar-refractivity contribution in [2.75, 3.05) is 18.0 Å². The Morgan fingerprint density at radius 3 is 2.75 bits per heavy atom. The third-order valence-electron chi connectivity index (χ3n) is 2.84. The molecule has 2 nitrogen and oxygen atoms in total. The smallest absolute Gasteiger partial charge is 0.145 e. The molecule has 0 amide bonds. The molecule has 0 bridgehead atoms. The molecule has 0 atom stereocenters. The molecule has 2 heterocycles. The standard InChI is InChI=1S/C13H17NOS/c1-11(10-15)9-12-5-6-13(16-12)14-7-3-2-4-8-14/h5-6,9-10H,2-4,7-8H2,1H3. The number of allylic oxidation sites excluding steroid dienone is 1. The highest BCUT2D eigenvalue weighted by Gasteiger charge is 2.12. The normalized spacial score (nSPS) is 17.6. The average molecular weight is 235 g/mol. The monoisotopic (exact) mass is 235 g/mol. The third-order valence-corrected chi connectivity index (χ3v) is 3.93. The van der Waals surface area contributed by atoms with Crippen LogP contribution in [0.5, 0.6) is 0 Å². The van der Waals surface area contributed by atoms with Crippen LogP contribution in [-0.4, -0.2) is 19.4 Å². The van der Waals surface area contributed by atoms with Crippen molar-refractivity contribution < 1.29 is 4.79 Å². The molecule has 0 aromatic carbocycles. The van der Waals surface area contributed by atoms with E-state index < -0.39 is 0 Å². The summed E-state index contributed by atoms with van der Waals surface area (Å²) in [4.78, 5) is 14.2. The fourth-order valence-corrected chi connectivity index (χ4v) is 3.03. The first-order valence-corrected chi connectivity index (χ1v) is 6.59. The number of rotatable bonds is 3. The number of piperidine rings is 1. The minimum absolute atomic E-state index is 0.784. The van der Waals surface area contributed by atoms with E-state index in [1.54, 1.807) is 11.3 Å². The van der Waals surface area contributed by atoms with E-state index in [1.807, 2.05) is 13.0 Å². The van der Waals surface area contributed by atoms with E-state index in [4.69, 9.17) is 0 Å². The fourth-order valence-electron chi connectivity index (χ4n) is 1.96. The number of aldehydes is 1. The van der Waals surface area contributed by atoms with E-state index in [-0.39, 0.29) is 0 Å². The SMILES string of the molecule is CC(C=O)=Cc1ccc(N2CCCCC2)s1. The first kappa shape index (κ1) is 11.4. The lowest BCUT2D eigenvalue weighted by Gasteiger charge is -2.27. The molecule has 0 unspecified atom stereocenters. The van der Waals surface area contributed by atoms with Crippen molar-refractivity contribution in [3.05, 3.63) is 22.6 Å². The van der Waals surface area contributed by atoms with Gasteiger partial charge in [-0.15, -0.1) is 11.3 Å². The van der Waals surface area contributed by atoms with Gasteiger partial charge in [0.05, 0.1) is 5.00 Å². The molecule has 1 aliphatic rings. The molecule has 0 aliphatic carbocycles. The van der Waals surface area contributed by atoms with Gasteiger partial charge in [-0.3, -0.25) is 4.79 Å². The highest BCUT2D eigenvalue weighted by atomic mass is 32.1. The molecule has 16 heavy (non-hydrogen) atoms. The van der Waals surface area contributed by atoms with Crippen LogP contribution in [0.25, 0.3) is 6.08 Å². The van der Waals surface area contributed by atoms with Crippen molar-refractivity contribution in [3.63, 3.8) is 0 Å². The van der Waals surface area contributed by atoms with Crippen LogP contribution in [0.1, 0.15) is 31.1 Å². The summed E-state index contributed by atoms with van der Waals surface area (Å²) in [6, 6.07) is 4.27. The number of hydrogen-bond donors (Lipinski definition) is 0. The van der Waals surface area contributed by atoms with Crippen molar-refractivity contribution >= 4 is 28.7 Å². The minimum atomic E-state index is 0.784. The molecule has 1 saturated heterocycles. The van der Waals surface area contributed by atoms with Crippen LogP contribution in [0.15, 0.2) is 17.7 Å². The highest BCUT2D eigenvalue weighted by Crippen LogP contribution is 2.29. The van der Waals surface area contributed by atoms with Crippen molar-refractivity contribution in [3.8, 4) is 0 Å². The van der Waals surface area contributed by atoms with Gasteiger partial charge in [0, 0.05) is 18.0 Å². The first-order valence-electron chi connectivity index (χ1n) is 5.78. The molecule has 1 aromatic rings. The number of hydrogen-bond acceptors (Lipinski definition) is 3. The lowest BCUT2D eigenvalue weighted by molar-refractivity contribution is -0.104. The van der Waals surface area contributed by atoms with Gasteiger partial charge in [0.2, 0.25) is 0 Å². The molecule has 2 rings (SSSR count). The summed E-state index contributed by atoms with van der Waals surface area (Å²) in [5.41, 5.74) is 0.784. The van der Waals surface area contributed by atoms with Crippen molar-refractivity contribution in [1.29, 1.82) is 0 Å². The van der Waals surface area contributed by atoms with Gasteiger partial charge in [-0.05, 0) is 50.0 Å². The van der Waals surface area contributed by atoms with E-state index >= 15 is 0 Å². The minimum Gasteiger partial charge on any atom is -0.363 e. The zero-order valence-electron chi connectivity index (χ0n) is 9.61. The lowest BCUT2D eigenvalue weighted by atomic mass is 10.1. The summed E-state index contributed by atoms with van der Waals surface area (Å²) in [7, 11) is 0. The van der Waals surface area contributed by atoms with E-state index in [1.165, 1.54) is 42.2 Å². The Kier molecular flexibility index (Phi) is 3.78. The van der Waals surface area contributed by atoms with Crippen LogP contribution in [0.2, 0.25) is 0 Å². The average Bonchev–Trinajstić information content (AvgIpc) is 2.78. The maximum absolute atomic E-state index is 10.5. The van der Waals surface area contributed by atoms with E-state index in [2.05, 4.69) is 17.0 Å². The Balaban J connectivity index is 2.09.